The third-order valence-electron chi connectivity index (χ3n) is 2.80. The molecule has 6 nitrogen and oxygen atoms in total. The van der Waals surface area contributed by atoms with Crippen molar-refractivity contribution in [2.24, 2.45) is 0 Å². The Hall–Kier alpha value is -1.73. The Bertz CT molecular complexity index is 602. The van der Waals surface area contributed by atoms with Crippen LogP contribution in [-0.2, 0) is 0 Å². The van der Waals surface area contributed by atoms with Gasteiger partial charge in [-0.15, -0.1) is 5.10 Å². The van der Waals surface area contributed by atoms with Crippen molar-refractivity contribution >= 4 is 33.4 Å². The number of hydrogen-bond donors (Lipinski definition) is 2. The summed E-state index contributed by atoms with van der Waals surface area (Å²) in [4.78, 5) is 6.49. The van der Waals surface area contributed by atoms with Gasteiger partial charge in [0.2, 0.25) is 5.95 Å². The van der Waals surface area contributed by atoms with Gasteiger partial charge in [-0.05, 0) is 54.6 Å². The molecule has 0 aliphatic heterocycles. The standard InChI is InChI=1S/C14H19BrN6/c1-10-4-5-12(11(15)8-10)18-14-19-13(9-17-20-14)16-6-7-21(2)3/h4-5,8-9H,6-7H2,1-3H3,(H2,16,18,19,20). The highest BCUT2D eigenvalue weighted by Gasteiger charge is 2.04. The molecule has 7 heteroatoms. The number of aryl methyl sites for hydroxylation is 1. The van der Waals surface area contributed by atoms with Gasteiger partial charge in [0, 0.05) is 17.6 Å². The Kier molecular flexibility index (Phi) is 5.46. The van der Waals surface area contributed by atoms with Crippen molar-refractivity contribution in [1.29, 1.82) is 0 Å². The van der Waals surface area contributed by atoms with Gasteiger partial charge in [0.1, 0.15) is 0 Å². The number of nitrogens with one attached hydrogen (secondary N) is 2. The second-order valence-corrected chi connectivity index (χ2v) is 5.86. The Balaban J connectivity index is 2.03. The van der Waals surface area contributed by atoms with E-state index in [2.05, 4.69) is 46.6 Å². The number of hydrogen-bond acceptors (Lipinski definition) is 6. The van der Waals surface area contributed by atoms with Crippen LogP contribution in [0.15, 0.2) is 28.9 Å². The molecule has 0 unspecified atom stereocenters. The summed E-state index contributed by atoms with van der Waals surface area (Å²) in [5.74, 6) is 1.17. The van der Waals surface area contributed by atoms with Crippen molar-refractivity contribution in [3.8, 4) is 0 Å². The van der Waals surface area contributed by atoms with E-state index >= 15 is 0 Å². The Morgan fingerprint density at radius 2 is 2.10 bits per heavy atom. The summed E-state index contributed by atoms with van der Waals surface area (Å²) in [5, 5.41) is 14.3. The zero-order valence-electron chi connectivity index (χ0n) is 12.4. The molecule has 1 aromatic heterocycles. The molecule has 0 spiro atoms. The number of likely N-dealkylation sites (N-methyl/N-ethyl adjacent to an activating group) is 1. The van der Waals surface area contributed by atoms with Gasteiger partial charge >= 0.3 is 0 Å². The average molecular weight is 351 g/mol. The van der Waals surface area contributed by atoms with Gasteiger partial charge in [-0.25, -0.2) is 0 Å². The highest BCUT2D eigenvalue weighted by molar-refractivity contribution is 9.10. The first-order valence-corrected chi connectivity index (χ1v) is 7.45. The van der Waals surface area contributed by atoms with Crippen LogP contribution in [0.5, 0.6) is 0 Å². The van der Waals surface area contributed by atoms with E-state index in [1.165, 1.54) is 5.56 Å². The first kappa shape index (κ1) is 15.7. The van der Waals surface area contributed by atoms with Crippen molar-refractivity contribution < 1.29 is 0 Å². The summed E-state index contributed by atoms with van der Waals surface area (Å²) < 4.78 is 0.970. The SMILES string of the molecule is Cc1ccc(Nc2nncc(NCCN(C)C)n2)c(Br)c1. The Morgan fingerprint density at radius 3 is 2.81 bits per heavy atom. The molecule has 112 valence electrons. The van der Waals surface area contributed by atoms with Crippen LogP contribution in [0.4, 0.5) is 17.5 Å². The van der Waals surface area contributed by atoms with Crippen LogP contribution in [0.2, 0.25) is 0 Å². The van der Waals surface area contributed by atoms with Crippen LogP contribution < -0.4 is 10.6 Å². The van der Waals surface area contributed by atoms with Crippen LogP contribution >= 0.6 is 15.9 Å². The number of aromatic nitrogens is 3. The molecule has 0 aliphatic rings. The van der Waals surface area contributed by atoms with E-state index in [0.717, 1.165) is 23.2 Å². The first-order chi connectivity index (χ1) is 10.0. The lowest BCUT2D eigenvalue weighted by Crippen LogP contribution is -2.21. The van der Waals surface area contributed by atoms with Crippen LogP contribution in [0.25, 0.3) is 0 Å². The molecule has 0 saturated carbocycles. The molecule has 2 aromatic rings. The second-order valence-electron chi connectivity index (χ2n) is 5.00. The zero-order valence-corrected chi connectivity index (χ0v) is 14.0. The number of rotatable bonds is 6. The molecule has 1 heterocycles. The molecule has 2 rings (SSSR count). The van der Waals surface area contributed by atoms with E-state index in [-0.39, 0.29) is 0 Å². The van der Waals surface area contributed by atoms with Crippen LogP contribution in [0.3, 0.4) is 0 Å². The van der Waals surface area contributed by atoms with E-state index < -0.39 is 0 Å². The van der Waals surface area contributed by atoms with Gasteiger partial charge in [-0.2, -0.15) is 10.1 Å². The fourth-order valence-corrected chi connectivity index (χ4v) is 2.28. The monoisotopic (exact) mass is 350 g/mol. The van der Waals surface area contributed by atoms with Gasteiger partial charge in [-0.1, -0.05) is 6.07 Å². The van der Waals surface area contributed by atoms with E-state index in [1.807, 2.05) is 39.2 Å². The summed E-state index contributed by atoms with van der Waals surface area (Å²) >= 11 is 3.52. The molecular formula is C14H19BrN6. The third kappa shape index (κ3) is 4.95. The summed E-state index contributed by atoms with van der Waals surface area (Å²) in [6.07, 6.45) is 1.62. The smallest absolute Gasteiger partial charge is 0.249 e. The van der Waals surface area contributed by atoms with E-state index in [1.54, 1.807) is 6.20 Å². The lowest BCUT2D eigenvalue weighted by atomic mass is 10.2. The minimum Gasteiger partial charge on any atom is -0.367 e. The van der Waals surface area contributed by atoms with Gasteiger partial charge in [-0.3, -0.25) is 0 Å². The van der Waals surface area contributed by atoms with Gasteiger partial charge in [0.05, 0.1) is 11.9 Å². The van der Waals surface area contributed by atoms with E-state index in [4.69, 9.17) is 0 Å². The normalized spacial score (nSPS) is 10.7. The minimum atomic E-state index is 0.467. The number of halogens is 1. The van der Waals surface area contributed by atoms with Crippen molar-refractivity contribution in [3.63, 3.8) is 0 Å². The van der Waals surface area contributed by atoms with Crippen molar-refractivity contribution in [2.45, 2.75) is 6.92 Å². The fourth-order valence-electron chi connectivity index (χ4n) is 1.69. The predicted molar refractivity (Wildman–Crippen MR) is 89.0 cm³/mol. The highest BCUT2D eigenvalue weighted by Crippen LogP contribution is 2.25. The molecule has 0 bridgehead atoms. The fraction of sp³-hybridized carbons (Fsp3) is 0.357. The van der Waals surface area contributed by atoms with Crippen molar-refractivity contribution in [1.82, 2.24) is 20.1 Å². The molecule has 2 N–H and O–H groups in total. The lowest BCUT2D eigenvalue weighted by Gasteiger charge is -2.11. The lowest BCUT2D eigenvalue weighted by molar-refractivity contribution is 0.425. The van der Waals surface area contributed by atoms with E-state index in [0.29, 0.717) is 11.8 Å². The maximum Gasteiger partial charge on any atom is 0.249 e. The van der Waals surface area contributed by atoms with Crippen LogP contribution in [0, 0.1) is 6.92 Å². The van der Waals surface area contributed by atoms with Crippen molar-refractivity contribution in [2.75, 3.05) is 37.8 Å². The molecule has 0 amide bonds. The molecule has 1 aromatic carbocycles. The molecule has 21 heavy (non-hydrogen) atoms. The van der Waals surface area contributed by atoms with Gasteiger partial charge < -0.3 is 15.5 Å². The summed E-state index contributed by atoms with van der Waals surface area (Å²) in [6.45, 7) is 3.78. The third-order valence-corrected chi connectivity index (χ3v) is 3.45. The number of anilines is 3. The number of benzene rings is 1. The molecule has 0 atom stereocenters. The maximum absolute atomic E-state index is 4.39. The summed E-state index contributed by atoms with van der Waals surface area (Å²) in [6, 6.07) is 6.05. The predicted octanol–water partition coefficient (Wildman–Crippen LogP) is 2.66. The topological polar surface area (TPSA) is 66.0 Å². The van der Waals surface area contributed by atoms with Gasteiger partial charge in [0.25, 0.3) is 0 Å². The molecule has 0 aliphatic carbocycles. The highest BCUT2D eigenvalue weighted by atomic mass is 79.9. The molecule has 0 fully saturated rings. The summed E-state index contributed by atoms with van der Waals surface area (Å²) in [5.41, 5.74) is 2.10. The molecule has 0 radical (unpaired) electrons. The maximum atomic E-state index is 4.39. The zero-order chi connectivity index (χ0) is 15.2. The van der Waals surface area contributed by atoms with Crippen LogP contribution in [-0.4, -0.2) is 47.3 Å². The average Bonchev–Trinajstić information content (AvgIpc) is 2.42. The van der Waals surface area contributed by atoms with Crippen molar-refractivity contribution in [3.05, 3.63) is 34.4 Å². The second kappa shape index (κ2) is 7.33. The first-order valence-electron chi connectivity index (χ1n) is 6.66. The molecular weight excluding hydrogens is 332 g/mol. The minimum absolute atomic E-state index is 0.467. The Labute approximate surface area is 133 Å². The quantitative estimate of drug-likeness (QED) is 0.834. The molecule has 0 saturated heterocycles. The van der Waals surface area contributed by atoms with Gasteiger partial charge in [0.15, 0.2) is 5.82 Å². The number of nitrogens with zero attached hydrogens (tertiary/aromatic N) is 4. The Morgan fingerprint density at radius 1 is 1.29 bits per heavy atom. The summed E-state index contributed by atoms with van der Waals surface area (Å²) in [7, 11) is 4.06. The largest absolute Gasteiger partial charge is 0.367 e. The van der Waals surface area contributed by atoms with E-state index in [9.17, 15) is 0 Å². The van der Waals surface area contributed by atoms with Crippen LogP contribution in [0.1, 0.15) is 5.56 Å².